The molecule has 0 amide bonds. The molecular formula is C15H20Cl2O3. The van der Waals surface area contributed by atoms with Crippen LogP contribution in [0.25, 0.3) is 0 Å². The Hall–Kier alpha value is -0.640. The third-order valence-electron chi connectivity index (χ3n) is 4.10. The normalized spacial score (nSPS) is 18.2. The van der Waals surface area contributed by atoms with E-state index < -0.39 is 0 Å². The molecule has 1 unspecified atom stereocenters. The number of halogens is 2. The summed E-state index contributed by atoms with van der Waals surface area (Å²) in [5, 5.41) is 0.256. The van der Waals surface area contributed by atoms with Gasteiger partial charge in [0.2, 0.25) is 0 Å². The number of ether oxygens (including phenoxy) is 3. The summed E-state index contributed by atoms with van der Waals surface area (Å²) in [6.07, 6.45) is 4.06. The van der Waals surface area contributed by atoms with Gasteiger partial charge < -0.3 is 14.2 Å². The molecule has 0 aromatic heterocycles. The minimum Gasteiger partial charge on any atom is -0.495 e. The quantitative estimate of drug-likeness (QED) is 0.717. The first-order valence-corrected chi connectivity index (χ1v) is 7.48. The van der Waals surface area contributed by atoms with Crippen molar-refractivity contribution in [3.63, 3.8) is 0 Å². The number of methoxy groups -OCH3 is 3. The molecule has 1 atom stereocenters. The fourth-order valence-corrected chi connectivity index (χ4v) is 3.44. The van der Waals surface area contributed by atoms with Gasteiger partial charge in [-0.05, 0) is 31.7 Å². The molecule has 0 spiro atoms. The third kappa shape index (κ3) is 2.85. The molecule has 5 heteroatoms. The average molecular weight is 319 g/mol. The Morgan fingerprint density at radius 1 is 1.20 bits per heavy atom. The van der Waals surface area contributed by atoms with Gasteiger partial charge in [-0.15, -0.1) is 11.6 Å². The molecule has 1 aromatic rings. The lowest BCUT2D eigenvalue weighted by atomic mass is 9.76. The van der Waals surface area contributed by atoms with E-state index in [2.05, 4.69) is 0 Å². The molecule has 0 radical (unpaired) electrons. The van der Waals surface area contributed by atoms with Crippen LogP contribution < -0.4 is 9.47 Å². The number of rotatable bonds is 6. The van der Waals surface area contributed by atoms with Gasteiger partial charge in [0.05, 0.1) is 25.2 Å². The molecule has 0 heterocycles. The van der Waals surface area contributed by atoms with Gasteiger partial charge in [-0.25, -0.2) is 0 Å². The fourth-order valence-electron chi connectivity index (χ4n) is 2.66. The van der Waals surface area contributed by atoms with E-state index in [1.165, 1.54) is 6.42 Å². The minimum atomic E-state index is -0.200. The predicted octanol–water partition coefficient (Wildman–Crippen LogP) is 4.60. The fraction of sp³-hybridized carbons (Fsp3) is 0.600. The van der Waals surface area contributed by atoms with Crippen LogP contribution in [0.2, 0.25) is 5.02 Å². The smallest absolute Gasteiger partial charge is 0.145 e. The molecule has 0 bridgehead atoms. The molecule has 1 aliphatic rings. The minimum absolute atomic E-state index is 0.0934. The Kier molecular flexibility index (Phi) is 5.05. The Bertz CT molecular complexity index is 467. The Morgan fingerprint density at radius 3 is 2.35 bits per heavy atom. The number of alkyl halides is 1. The van der Waals surface area contributed by atoms with E-state index >= 15 is 0 Å². The van der Waals surface area contributed by atoms with Crippen molar-refractivity contribution in [2.75, 3.05) is 21.3 Å². The molecule has 0 saturated heterocycles. The lowest BCUT2D eigenvalue weighted by molar-refractivity contribution is -0.0780. The summed E-state index contributed by atoms with van der Waals surface area (Å²) in [6, 6.07) is 3.72. The molecule has 1 aliphatic carbocycles. The number of benzene rings is 1. The second-order valence-corrected chi connectivity index (χ2v) is 6.02. The van der Waals surface area contributed by atoms with Crippen LogP contribution in [0.4, 0.5) is 0 Å². The van der Waals surface area contributed by atoms with Gasteiger partial charge in [0.25, 0.3) is 0 Å². The summed E-state index contributed by atoms with van der Waals surface area (Å²) in [5.41, 5.74) is 0.785. The summed E-state index contributed by atoms with van der Waals surface area (Å²) in [5.74, 6) is 1.16. The van der Waals surface area contributed by atoms with E-state index in [4.69, 9.17) is 37.4 Å². The summed E-state index contributed by atoms with van der Waals surface area (Å²) >= 11 is 12.8. The first kappa shape index (κ1) is 15.7. The van der Waals surface area contributed by atoms with Crippen molar-refractivity contribution in [1.29, 1.82) is 0 Å². The highest BCUT2D eigenvalue weighted by atomic mass is 35.5. The molecular weight excluding hydrogens is 299 g/mol. The molecule has 1 aromatic carbocycles. The van der Waals surface area contributed by atoms with Crippen molar-refractivity contribution < 1.29 is 14.2 Å². The van der Waals surface area contributed by atoms with E-state index in [9.17, 15) is 0 Å². The van der Waals surface area contributed by atoms with Crippen LogP contribution in [0.5, 0.6) is 11.5 Å². The Balaban J connectivity index is 2.25. The maximum absolute atomic E-state index is 6.57. The maximum atomic E-state index is 6.57. The van der Waals surface area contributed by atoms with Gasteiger partial charge in [-0.1, -0.05) is 17.7 Å². The monoisotopic (exact) mass is 318 g/mol. The zero-order valence-corrected chi connectivity index (χ0v) is 13.6. The van der Waals surface area contributed by atoms with Crippen molar-refractivity contribution in [3.8, 4) is 11.5 Å². The van der Waals surface area contributed by atoms with Crippen molar-refractivity contribution in [2.45, 2.75) is 36.7 Å². The number of hydrogen-bond acceptors (Lipinski definition) is 3. The topological polar surface area (TPSA) is 27.7 Å². The summed E-state index contributed by atoms with van der Waals surface area (Å²) in [4.78, 5) is 0. The van der Waals surface area contributed by atoms with Crippen molar-refractivity contribution in [2.24, 2.45) is 0 Å². The van der Waals surface area contributed by atoms with E-state index in [0.29, 0.717) is 16.5 Å². The second-order valence-electron chi connectivity index (χ2n) is 5.12. The maximum Gasteiger partial charge on any atom is 0.145 e. The molecule has 0 N–H and O–H groups in total. The van der Waals surface area contributed by atoms with Crippen molar-refractivity contribution in [1.82, 2.24) is 0 Å². The Morgan fingerprint density at radius 2 is 1.90 bits per heavy atom. The molecule has 3 nitrogen and oxygen atoms in total. The first-order chi connectivity index (χ1) is 9.56. The highest BCUT2D eigenvalue weighted by molar-refractivity contribution is 6.34. The molecule has 20 heavy (non-hydrogen) atoms. The standard InChI is InChI=1S/C15H20Cl2O3/c1-18-12-6-5-10(14(19-2)13(12)17)11(16)9-15(20-3)7-4-8-15/h5-6,11H,4,7-9H2,1-3H3. The zero-order valence-electron chi connectivity index (χ0n) is 12.0. The van der Waals surface area contributed by atoms with Crippen LogP contribution >= 0.6 is 23.2 Å². The lowest BCUT2D eigenvalue weighted by Crippen LogP contribution is -2.39. The molecule has 2 rings (SSSR count). The van der Waals surface area contributed by atoms with Gasteiger partial charge in [0.1, 0.15) is 16.5 Å². The van der Waals surface area contributed by atoms with Crippen molar-refractivity contribution >= 4 is 23.2 Å². The van der Waals surface area contributed by atoms with Gasteiger partial charge in [-0.3, -0.25) is 0 Å². The first-order valence-electron chi connectivity index (χ1n) is 6.66. The van der Waals surface area contributed by atoms with Crippen LogP contribution in [0.1, 0.15) is 36.6 Å². The van der Waals surface area contributed by atoms with Gasteiger partial charge in [0, 0.05) is 12.7 Å². The molecule has 112 valence electrons. The van der Waals surface area contributed by atoms with E-state index in [0.717, 1.165) is 24.8 Å². The van der Waals surface area contributed by atoms with Crippen LogP contribution in [0.3, 0.4) is 0 Å². The SMILES string of the molecule is COc1ccc(C(Cl)CC2(OC)CCC2)c(OC)c1Cl. The van der Waals surface area contributed by atoms with E-state index in [-0.39, 0.29) is 11.0 Å². The molecule has 0 aliphatic heterocycles. The van der Waals surface area contributed by atoms with Crippen LogP contribution in [-0.2, 0) is 4.74 Å². The largest absolute Gasteiger partial charge is 0.495 e. The Labute approximate surface area is 130 Å². The third-order valence-corrected chi connectivity index (χ3v) is 4.85. The lowest BCUT2D eigenvalue weighted by Gasteiger charge is -2.42. The second kappa shape index (κ2) is 6.42. The highest BCUT2D eigenvalue weighted by Crippen LogP contribution is 2.48. The van der Waals surface area contributed by atoms with E-state index in [1.54, 1.807) is 21.3 Å². The predicted molar refractivity (Wildman–Crippen MR) is 81.4 cm³/mol. The zero-order chi connectivity index (χ0) is 14.8. The summed E-state index contributed by atoms with van der Waals surface area (Å²) in [6.45, 7) is 0. The highest BCUT2D eigenvalue weighted by Gasteiger charge is 2.39. The van der Waals surface area contributed by atoms with Gasteiger partial charge >= 0.3 is 0 Å². The number of hydrogen-bond donors (Lipinski definition) is 0. The summed E-state index contributed by atoms with van der Waals surface area (Å²) < 4.78 is 16.2. The van der Waals surface area contributed by atoms with Crippen LogP contribution in [-0.4, -0.2) is 26.9 Å². The van der Waals surface area contributed by atoms with E-state index in [1.807, 2.05) is 12.1 Å². The summed E-state index contributed by atoms with van der Waals surface area (Å²) in [7, 11) is 4.91. The van der Waals surface area contributed by atoms with Crippen LogP contribution in [0.15, 0.2) is 12.1 Å². The van der Waals surface area contributed by atoms with Gasteiger partial charge in [0.15, 0.2) is 0 Å². The van der Waals surface area contributed by atoms with Gasteiger partial charge in [-0.2, -0.15) is 0 Å². The molecule has 1 saturated carbocycles. The average Bonchev–Trinajstić information content (AvgIpc) is 2.42. The molecule has 1 fully saturated rings. The van der Waals surface area contributed by atoms with Crippen molar-refractivity contribution in [3.05, 3.63) is 22.7 Å². The van der Waals surface area contributed by atoms with Crippen LogP contribution in [0, 0.1) is 0 Å².